The highest BCUT2D eigenvalue weighted by Crippen LogP contribution is 2.36. The Balaban J connectivity index is 4.57. The molecule has 0 rings (SSSR count). The largest absolute Gasteiger partial charge is 0.464 e. The minimum Gasteiger partial charge on any atom is -0.464 e. The summed E-state index contributed by atoms with van der Waals surface area (Å²) in [7, 11) is 0. The first-order chi connectivity index (χ1) is 10.7. The fourth-order valence-corrected chi connectivity index (χ4v) is 2.83. The third kappa shape index (κ3) is 7.69. The summed E-state index contributed by atoms with van der Waals surface area (Å²) < 4.78 is 5.69. The molecule has 0 bridgehead atoms. The Bertz CT molecular complexity index is 328. The van der Waals surface area contributed by atoms with Crippen LogP contribution in [0, 0.1) is 17.3 Å². The van der Waals surface area contributed by atoms with Gasteiger partial charge in [0.25, 0.3) is 0 Å². The molecule has 0 aromatic heterocycles. The number of ether oxygens (including phenoxy) is 1. The molecule has 0 saturated carbocycles. The molecule has 23 heavy (non-hydrogen) atoms. The molecule has 2 atom stereocenters. The molecule has 0 amide bonds. The molecule has 3 nitrogen and oxygen atoms in total. The van der Waals surface area contributed by atoms with Gasteiger partial charge in [0.2, 0.25) is 0 Å². The van der Waals surface area contributed by atoms with Crippen molar-refractivity contribution in [3.8, 4) is 0 Å². The van der Waals surface area contributed by atoms with Gasteiger partial charge in [-0.15, -0.1) is 0 Å². The second-order valence-corrected chi connectivity index (χ2v) is 7.91. The normalized spacial score (nSPS) is 16.0. The lowest BCUT2D eigenvalue weighted by Crippen LogP contribution is -2.39. The molecule has 2 unspecified atom stereocenters. The number of hydrogen-bond acceptors (Lipinski definition) is 3. The van der Waals surface area contributed by atoms with Crippen molar-refractivity contribution in [3.63, 3.8) is 0 Å². The first-order valence-corrected chi connectivity index (χ1v) is 9.60. The van der Waals surface area contributed by atoms with E-state index in [9.17, 15) is 4.79 Å². The van der Waals surface area contributed by atoms with E-state index >= 15 is 0 Å². The van der Waals surface area contributed by atoms with Gasteiger partial charge in [0, 0.05) is 12.6 Å². The molecular formula is C20H41NO2. The molecule has 0 heterocycles. The standard InChI is InChI=1S/C20H41NO2/c1-9-11-12-21(17(5)6)13-14-23-19(22)20(8,16(3)4)15-18(7)10-2/h16-18H,9-15H2,1-8H3. The summed E-state index contributed by atoms with van der Waals surface area (Å²) in [6.45, 7) is 19.8. The Morgan fingerprint density at radius 1 is 1.09 bits per heavy atom. The van der Waals surface area contributed by atoms with Gasteiger partial charge in [0.15, 0.2) is 0 Å². The average molecular weight is 328 g/mol. The summed E-state index contributed by atoms with van der Waals surface area (Å²) in [5.74, 6) is 0.823. The number of esters is 1. The zero-order chi connectivity index (χ0) is 18.0. The van der Waals surface area contributed by atoms with E-state index in [-0.39, 0.29) is 11.4 Å². The lowest BCUT2D eigenvalue weighted by atomic mass is 9.72. The molecule has 3 heteroatoms. The minimum absolute atomic E-state index is 0.0213. The third-order valence-corrected chi connectivity index (χ3v) is 5.35. The zero-order valence-electron chi connectivity index (χ0n) is 16.9. The lowest BCUT2D eigenvalue weighted by Gasteiger charge is -2.34. The van der Waals surface area contributed by atoms with Crippen molar-refractivity contribution in [3.05, 3.63) is 0 Å². The summed E-state index contributed by atoms with van der Waals surface area (Å²) in [5, 5.41) is 0. The number of unbranched alkanes of at least 4 members (excludes halogenated alkanes) is 1. The second-order valence-electron chi connectivity index (χ2n) is 7.91. The van der Waals surface area contributed by atoms with Crippen LogP contribution in [0.2, 0.25) is 0 Å². The van der Waals surface area contributed by atoms with Gasteiger partial charge in [-0.05, 0) is 52.0 Å². The summed E-state index contributed by atoms with van der Waals surface area (Å²) in [4.78, 5) is 15.1. The maximum atomic E-state index is 12.7. The number of carbonyl (C=O) groups excluding carboxylic acids is 1. The minimum atomic E-state index is -0.374. The van der Waals surface area contributed by atoms with E-state index in [2.05, 4.69) is 60.3 Å². The van der Waals surface area contributed by atoms with Crippen molar-refractivity contribution in [1.29, 1.82) is 0 Å². The first-order valence-electron chi connectivity index (χ1n) is 9.60. The molecule has 0 saturated heterocycles. The van der Waals surface area contributed by atoms with Crippen molar-refractivity contribution in [2.24, 2.45) is 17.3 Å². The molecule has 138 valence electrons. The monoisotopic (exact) mass is 327 g/mol. The van der Waals surface area contributed by atoms with Crippen LogP contribution in [0.5, 0.6) is 0 Å². The zero-order valence-corrected chi connectivity index (χ0v) is 16.9. The van der Waals surface area contributed by atoms with E-state index in [4.69, 9.17) is 4.74 Å². The molecule has 0 spiro atoms. The predicted octanol–water partition coefficient (Wildman–Crippen LogP) is 5.14. The second kappa shape index (κ2) is 11.1. The van der Waals surface area contributed by atoms with E-state index in [1.165, 1.54) is 12.8 Å². The Morgan fingerprint density at radius 2 is 1.70 bits per heavy atom. The fraction of sp³-hybridized carbons (Fsp3) is 0.950. The highest BCUT2D eigenvalue weighted by Gasteiger charge is 2.39. The Kier molecular flexibility index (Phi) is 10.8. The number of carbonyl (C=O) groups is 1. The van der Waals surface area contributed by atoms with E-state index in [1.54, 1.807) is 0 Å². The highest BCUT2D eigenvalue weighted by atomic mass is 16.5. The Morgan fingerprint density at radius 3 is 2.13 bits per heavy atom. The van der Waals surface area contributed by atoms with Crippen molar-refractivity contribution < 1.29 is 9.53 Å². The van der Waals surface area contributed by atoms with Gasteiger partial charge in [-0.3, -0.25) is 9.69 Å². The molecule has 0 N–H and O–H groups in total. The van der Waals surface area contributed by atoms with Crippen molar-refractivity contribution in [2.75, 3.05) is 19.7 Å². The summed E-state index contributed by atoms with van der Waals surface area (Å²) in [5.41, 5.74) is -0.374. The van der Waals surface area contributed by atoms with Crippen LogP contribution >= 0.6 is 0 Å². The number of hydrogen-bond donors (Lipinski definition) is 0. The number of rotatable bonds is 12. The molecule has 0 aliphatic rings. The molecule has 0 aliphatic heterocycles. The molecule has 0 aliphatic carbocycles. The SMILES string of the molecule is CCCCN(CCOC(=O)C(C)(CC(C)CC)C(C)C)C(C)C. The average Bonchev–Trinajstić information content (AvgIpc) is 2.49. The Hall–Kier alpha value is -0.570. The Labute approximate surface area is 145 Å². The quantitative estimate of drug-likeness (QED) is 0.465. The van der Waals surface area contributed by atoms with Gasteiger partial charge in [-0.25, -0.2) is 0 Å². The third-order valence-electron chi connectivity index (χ3n) is 5.35. The summed E-state index contributed by atoms with van der Waals surface area (Å²) >= 11 is 0. The maximum absolute atomic E-state index is 12.7. The molecule has 0 aromatic rings. The predicted molar refractivity (Wildman–Crippen MR) is 99.6 cm³/mol. The van der Waals surface area contributed by atoms with Gasteiger partial charge in [0.1, 0.15) is 6.61 Å². The molecule has 0 radical (unpaired) electrons. The van der Waals surface area contributed by atoms with Crippen LogP contribution in [0.25, 0.3) is 0 Å². The molecule has 0 aromatic carbocycles. The van der Waals surface area contributed by atoms with Crippen LogP contribution < -0.4 is 0 Å². The van der Waals surface area contributed by atoms with Crippen molar-refractivity contribution in [1.82, 2.24) is 4.90 Å². The number of nitrogens with zero attached hydrogens (tertiary/aromatic N) is 1. The first kappa shape index (κ1) is 22.4. The summed E-state index contributed by atoms with van der Waals surface area (Å²) in [6.07, 6.45) is 4.41. The van der Waals surface area contributed by atoms with Gasteiger partial charge < -0.3 is 4.74 Å². The summed E-state index contributed by atoms with van der Waals surface area (Å²) in [6, 6.07) is 0.497. The lowest BCUT2D eigenvalue weighted by molar-refractivity contribution is -0.159. The van der Waals surface area contributed by atoms with Crippen LogP contribution in [-0.4, -0.2) is 36.6 Å². The maximum Gasteiger partial charge on any atom is 0.312 e. The van der Waals surface area contributed by atoms with Crippen LogP contribution in [0.1, 0.15) is 81.1 Å². The van der Waals surface area contributed by atoms with Crippen molar-refractivity contribution in [2.45, 2.75) is 87.1 Å². The van der Waals surface area contributed by atoms with Gasteiger partial charge in [-0.2, -0.15) is 0 Å². The van der Waals surface area contributed by atoms with Gasteiger partial charge in [-0.1, -0.05) is 47.5 Å². The van der Waals surface area contributed by atoms with Crippen LogP contribution in [0.15, 0.2) is 0 Å². The highest BCUT2D eigenvalue weighted by molar-refractivity contribution is 5.76. The van der Waals surface area contributed by atoms with E-state index in [1.807, 2.05) is 0 Å². The van der Waals surface area contributed by atoms with Gasteiger partial charge in [0.05, 0.1) is 5.41 Å². The van der Waals surface area contributed by atoms with Gasteiger partial charge >= 0.3 is 5.97 Å². The fourth-order valence-electron chi connectivity index (χ4n) is 2.83. The van der Waals surface area contributed by atoms with Crippen LogP contribution in [0.4, 0.5) is 0 Å². The van der Waals surface area contributed by atoms with Crippen LogP contribution in [-0.2, 0) is 9.53 Å². The van der Waals surface area contributed by atoms with Crippen LogP contribution in [0.3, 0.4) is 0 Å². The smallest absolute Gasteiger partial charge is 0.312 e. The van der Waals surface area contributed by atoms with Crippen molar-refractivity contribution >= 4 is 5.97 Å². The van der Waals surface area contributed by atoms with E-state index in [0.29, 0.717) is 24.5 Å². The molecule has 0 fully saturated rings. The van der Waals surface area contributed by atoms with E-state index in [0.717, 1.165) is 25.9 Å². The topological polar surface area (TPSA) is 29.5 Å². The van der Waals surface area contributed by atoms with E-state index < -0.39 is 0 Å². The molecular weight excluding hydrogens is 286 g/mol.